The molecule has 0 aromatic rings. The summed E-state index contributed by atoms with van der Waals surface area (Å²) in [5.74, 6) is -2.73. The summed E-state index contributed by atoms with van der Waals surface area (Å²) in [5.41, 5.74) is 0. The van der Waals surface area contributed by atoms with Crippen LogP contribution in [0.3, 0.4) is 0 Å². The molecule has 0 rings (SSSR count). The summed E-state index contributed by atoms with van der Waals surface area (Å²) >= 11 is 0. The van der Waals surface area contributed by atoms with Crippen molar-refractivity contribution in [3.05, 3.63) is 11.5 Å². The molecule has 0 saturated carbocycles. The first-order chi connectivity index (χ1) is 6.45. The van der Waals surface area contributed by atoms with Gasteiger partial charge in [-0.3, -0.25) is 4.79 Å². The maximum atomic E-state index is 10.7. The Morgan fingerprint density at radius 3 is 1.86 bits per heavy atom. The van der Waals surface area contributed by atoms with Crippen molar-refractivity contribution < 1.29 is 34.8 Å². The molecule has 0 heterocycles. The Bertz CT molecular complexity index is 332. The number of carbonyl (C=O) groups excluding carboxylic acids is 3. The lowest BCUT2D eigenvalue weighted by Gasteiger charge is -2.12. The highest BCUT2D eigenvalue weighted by Crippen LogP contribution is 2.04. The summed E-state index contributed by atoms with van der Waals surface area (Å²) in [7, 11) is 0. The molecule has 2 atom stereocenters. The predicted molar refractivity (Wildman–Crippen MR) is 40.7 cm³/mol. The molecule has 0 radical (unpaired) electrons. The van der Waals surface area contributed by atoms with Crippen molar-refractivity contribution in [2.24, 2.45) is 0 Å². The van der Waals surface area contributed by atoms with E-state index in [2.05, 4.69) is 0 Å². The molecular weight excluding hydrogens is 196 g/mol. The summed E-state index contributed by atoms with van der Waals surface area (Å²) in [6.45, 7) is 0. The second kappa shape index (κ2) is 4.96. The Balaban J connectivity index is 4.80. The molecule has 2 unspecified atom stereocenters. The van der Waals surface area contributed by atoms with Crippen LogP contribution in [0.15, 0.2) is 11.5 Å². The third-order valence-corrected chi connectivity index (χ3v) is 1.28. The van der Waals surface area contributed by atoms with E-state index in [1.807, 2.05) is 0 Å². The molecule has 76 valence electrons. The van der Waals surface area contributed by atoms with Gasteiger partial charge in [-0.25, -0.2) is 9.59 Å². The maximum Gasteiger partial charge on any atom is 0.248 e. The smallest absolute Gasteiger partial charge is 0.248 e. The fourth-order valence-electron chi connectivity index (χ4n) is 0.544. The quantitative estimate of drug-likeness (QED) is 0.231. The van der Waals surface area contributed by atoms with Gasteiger partial charge >= 0.3 is 0 Å². The minimum atomic E-state index is -2.32. The third-order valence-electron chi connectivity index (χ3n) is 1.28. The lowest BCUT2D eigenvalue weighted by molar-refractivity contribution is -0.130. The number of Topliss-reactive ketones (excluding diaryl/α,β-unsaturated/α-hetero) is 1. The number of rotatable bonds is 4. The van der Waals surface area contributed by atoms with Crippen molar-refractivity contribution >= 4 is 17.7 Å². The molecule has 0 fully saturated rings. The average Bonchev–Trinajstić information content (AvgIpc) is 2.23. The number of hydrogen-bond donors (Lipinski definition) is 4. The lowest BCUT2D eigenvalue weighted by Crippen LogP contribution is -2.36. The number of carbonyl (C=O) groups is 1. The number of aliphatic hydroxyl groups excluding tert-OH is 4. The van der Waals surface area contributed by atoms with E-state index in [-0.39, 0.29) is 0 Å². The van der Waals surface area contributed by atoms with Crippen LogP contribution in [0, 0.1) is 0 Å². The van der Waals surface area contributed by atoms with E-state index in [9.17, 15) is 14.4 Å². The van der Waals surface area contributed by atoms with Gasteiger partial charge in [0.25, 0.3) is 0 Å². The van der Waals surface area contributed by atoms with Crippen LogP contribution >= 0.6 is 0 Å². The summed E-state index contributed by atoms with van der Waals surface area (Å²) in [5, 5.41) is 34.7. The zero-order valence-corrected chi connectivity index (χ0v) is 6.67. The normalized spacial score (nSPS) is 13.3. The molecule has 0 aromatic heterocycles. The fraction of sp³-hybridized carbons (Fsp3) is 0.286. The molecule has 0 aliphatic rings. The summed E-state index contributed by atoms with van der Waals surface area (Å²) in [6, 6.07) is 0. The van der Waals surface area contributed by atoms with Crippen molar-refractivity contribution in [1.82, 2.24) is 0 Å². The van der Waals surface area contributed by atoms with Crippen LogP contribution in [-0.4, -0.2) is 50.3 Å². The van der Waals surface area contributed by atoms with E-state index < -0.39 is 29.5 Å². The van der Waals surface area contributed by atoms with Gasteiger partial charge in [-0.2, -0.15) is 0 Å². The molecule has 0 saturated heterocycles. The van der Waals surface area contributed by atoms with Gasteiger partial charge in [0.05, 0.1) is 0 Å². The average molecular weight is 202 g/mol. The van der Waals surface area contributed by atoms with Crippen LogP contribution in [0.5, 0.6) is 0 Å². The lowest BCUT2D eigenvalue weighted by atomic mass is 10.1. The van der Waals surface area contributed by atoms with E-state index in [0.717, 1.165) is 11.9 Å². The van der Waals surface area contributed by atoms with Gasteiger partial charge in [-0.15, -0.1) is 0 Å². The number of hydrogen-bond acceptors (Lipinski definition) is 7. The second-order valence-electron chi connectivity index (χ2n) is 2.19. The summed E-state index contributed by atoms with van der Waals surface area (Å²) < 4.78 is 0. The van der Waals surface area contributed by atoms with E-state index in [1.54, 1.807) is 0 Å². The van der Waals surface area contributed by atoms with Gasteiger partial charge in [-0.05, 0) is 0 Å². The minimum absolute atomic E-state index is 0.770. The molecule has 4 N–H and O–H groups in total. The predicted octanol–water partition coefficient (Wildman–Crippen LogP) is -2.18. The Kier molecular flexibility index (Phi) is 4.28. The standard InChI is InChI=1S/C7H6O7/c8-1-3(10)5(12)7(14)6(13)4(11)2-9/h5,7,10-12,14H. The highest BCUT2D eigenvalue weighted by atomic mass is 16.4. The Morgan fingerprint density at radius 1 is 1.00 bits per heavy atom. The largest absolute Gasteiger partial charge is 0.500 e. The van der Waals surface area contributed by atoms with Crippen LogP contribution in [0.25, 0.3) is 0 Å². The van der Waals surface area contributed by atoms with Crippen molar-refractivity contribution in [3.8, 4) is 0 Å². The van der Waals surface area contributed by atoms with Crippen LogP contribution < -0.4 is 0 Å². The molecule has 0 aliphatic heterocycles. The van der Waals surface area contributed by atoms with Gasteiger partial charge in [0.2, 0.25) is 17.3 Å². The van der Waals surface area contributed by atoms with Crippen molar-refractivity contribution in [2.75, 3.05) is 0 Å². The Morgan fingerprint density at radius 2 is 1.50 bits per heavy atom. The van der Waals surface area contributed by atoms with E-state index in [0.29, 0.717) is 0 Å². The maximum absolute atomic E-state index is 10.7. The Labute approximate surface area is 77.2 Å². The molecule has 7 nitrogen and oxygen atoms in total. The highest BCUT2D eigenvalue weighted by molar-refractivity contribution is 6.03. The first kappa shape index (κ1) is 12.1. The first-order valence-electron chi connectivity index (χ1n) is 3.24. The van der Waals surface area contributed by atoms with E-state index >= 15 is 0 Å². The molecule has 7 heteroatoms. The fourth-order valence-corrected chi connectivity index (χ4v) is 0.544. The summed E-state index contributed by atoms with van der Waals surface area (Å²) in [4.78, 5) is 30.2. The monoisotopic (exact) mass is 202 g/mol. The second-order valence-corrected chi connectivity index (χ2v) is 2.19. The van der Waals surface area contributed by atoms with Crippen LogP contribution in [0.1, 0.15) is 0 Å². The molecule has 0 bridgehead atoms. The van der Waals surface area contributed by atoms with Crippen molar-refractivity contribution in [1.29, 1.82) is 0 Å². The highest BCUT2D eigenvalue weighted by Gasteiger charge is 2.31. The van der Waals surface area contributed by atoms with Crippen molar-refractivity contribution in [3.63, 3.8) is 0 Å². The zero-order chi connectivity index (χ0) is 11.3. The molecule has 0 spiro atoms. The van der Waals surface area contributed by atoms with Crippen LogP contribution in [-0.2, 0) is 14.4 Å². The molecule has 0 aromatic carbocycles. The van der Waals surface area contributed by atoms with E-state index in [1.165, 1.54) is 0 Å². The van der Waals surface area contributed by atoms with Gasteiger partial charge in [-0.1, -0.05) is 0 Å². The number of ketones is 1. The van der Waals surface area contributed by atoms with Gasteiger partial charge in [0.1, 0.15) is 0 Å². The summed E-state index contributed by atoms with van der Waals surface area (Å²) in [6.07, 6.45) is -4.56. The molecular formula is C7H6O7. The van der Waals surface area contributed by atoms with Crippen molar-refractivity contribution in [2.45, 2.75) is 12.2 Å². The zero-order valence-electron chi connectivity index (χ0n) is 6.67. The third kappa shape index (κ3) is 2.55. The van der Waals surface area contributed by atoms with Gasteiger partial charge in [0, 0.05) is 0 Å². The molecule has 0 amide bonds. The number of aliphatic hydroxyl groups is 4. The van der Waals surface area contributed by atoms with Crippen LogP contribution in [0.4, 0.5) is 0 Å². The van der Waals surface area contributed by atoms with Gasteiger partial charge in [0.15, 0.2) is 24.1 Å². The SMILES string of the molecule is O=C=C(O)C(=O)C(O)C(O)C(O)=C=O. The Hall–Kier alpha value is -1.91. The minimum Gasteiger partial charge on any atom is -0.500 e. The van der Waals surface area contributed by atoms with Crippen LogP contribution in [0.2, 0.25) is 0 Å². The van der Waals surface area contributed by atoms with Gasteiger partial charge < -0.3 is 20.4 Å². The first-order valence-corrected chi connectivity index (χ1v) is 3.24. The topological polar surface area (TPSA) is 132 Å². The van der Waals surface area contributed by atoms with E-state index in [4.69, 9.17) is 20.4 Å². The molecule has 0 aliphatic carbocycles. The molecule has 14 heavy (non-hydrogen) atoms.